The lowest BCUT2D eigenvalue weighted by Gasteiger charge is -2.28. The molecule has 0 spiro atoms. The summed E-state index contributed by atoms with van der Waals surface area (Å²) >= 11 is 0. The van der Waals surface area contributed by atoms with Crippen molar-refractivity contribution >= 4 is 11.6 Å². The van der Waals surface area contributed by atoms with E-state index in [4.69, 9.17) is 4.74 Å². The van der Waals surface area contributed by atoms with E-state index in [0.717, 1.165) is 31.6 Å². The van der Waals surface area contributed by atoms with Gasteiger partial charge in [-0.25, -0.2) is 9.97 Å². The second kappa shape index (κ2) is 7.35. The Bertz CT molecular complexity index is 696. The molecule has 2 aromatic heterocycles. The van der Waals surface area contributed by atoms with Crippen molar-refractivity contribution in [2.75, 3.05) is 25.5 Å². The number of aryl methyl sites for hydroxylation is 1. The monoisotopic (exact) mass is 327 g/mol. The van der Waals surface area contributed by atoms with Crippen molar-refractivity contribution in [1.82, 2.24) is 19.9 Å². The lowest BCUT2D eigenvalue weighted by atomic mass is 10.1. The summed E-state index contributed by atoms with van der Waals surface area (Å²) in [4.78, 5) is 26.8. The van der Waals surface area contributed by atoms with Crippen molar-refractivity contribution in [2.24, 2.45) is 0 Å². The Morgan fingerprint density at radius 1 is 1.25 bits per heavy atom. The van der Waals surface area contributed by atoms with Gasteiger partial charge in [0.05, 0.1) is 11.9 Å². The van der Waals surface area contributed by atoms with Gasteiger partial charge in [-0.3, -0.25) is 9.78 Å². The molecule has 1 N–H and O–H groups in total. The van der Waals surface area contributed by atoms with E-state index in [1.54, 1.807) is 24.5 Å². The average Bonchev–Trinajstić information content (AvgIpc) is 2.58. The summed E-state index contributed by atoms with van der Waals surface area (Å²) in [5, 5.41) is 2.79. The molecule has 1 amide bonds. The molecule has 0 aliphatic carbocycles. The van der Waals surface area contributed by atoms with Crippen LogP contribution >= 0.6 is 0 Å². The van der Waals surface area contributed by atoms with Crippen molar-refractivity contribution in [3.05, 3.63) is 42.1 Å². The minimum atomic E-state index is -0.307. The third kappa shape index (κ3) is 4.26. The first-order valence-corrected chi connectivity index (χ1v) is 8.01. The quantitative estimate of drug-likeness (QED) is 0.924. The maximum Gasteiger partial charge on any atom is 0.275 e. The van der Waals surface area contributed by atoms with Gasteiger partial charge in [-0.15, -0.1) is 0 Å². The molecule has 7 heteroatoms. The Morgan fingerprint density at radius 3 is 2.75 bits per heavy atom. The lowest BCUT2D eigenvalue weighted by molar-refractivity contribution is 0.102. The minimum Gasteiger partial charge on any atom is -0.474 e. The van der Waals surface area contributed by atoms with E-state index in [1.807, 2.05) is 6.92 Å². The number of nitrogens with zero attached hydrogens (tertiary/aromatic N) is 4. The predicted molar refractivity (Wildman–Crippen MR) is 90.1 cm³/mol. The smallest absolute Gasteiger partial charge is 0.275 e. The van der Waals surface area contributed by atoms with Crippen LogP contribution in [0.25, 0.3) is 0 Å². The van der Waals surface area contributed by atoms with Crippen LogP contribution in [0.2, 0.25) is 0 Å². The molecule has 24 heavy (non-hydrogen) atoms. The molecule has 3 heterocycles. The zero-order chi connectivity index (χ0) is 16.9. The molecule has 3 rings (SSSR count). The first-order chi connectivity index (χ1) is 11.6. The normalized spacial score (nSPS) is 15.9. The number of pyridine rings is 1. The van der Waals surface area contributed by atoms with E-state index in [9.17, 15) is 4.79 Å². The largest absolute Gasteiger partial charge is 0.474 e. The summed E-state index contributed by atoms with van der Waals surface area (Å²) < 4.78 is 5.93. The third-order valence-electron chi connectivity index (χ3n) is 3.96. The van der Waals surface area contributed by atoms with E-state index in [2.05, 4.69) is 32.2 Å². The van der Waals surface area contributed by atoms with Crippen LogP contribution in [-0.4, -0.2) is 52.0 Å². The van der Waals surface area contributed by atoms with Crippen LogP contribution in [0, 0.1) is 6.92 Å². The zero-order valence-electron chi connectivity index (χ0n) is 13.9. The number of carbonyl (C=O) groups is 1. The van der Waals surface area contributed by atoms with Crippen molar-refractivity contribution in [2.45, 2.75) is 25.9 Å². The second-order valence-corrected chi connectivity index (χ2v) is 6.00. The van der Waals surface area contributed by atoms with Crippen molar-refractivity contribution in [3.63, 3.8) is 0 Å². The predicted octanol–water partition coefficient (Wildman–Crippen LogP) is 1.91. The Labute approximate surface area is 141 Å². The van der Waals surface area contributed by atoms with Gasteiger partial charge in [0.15, 0.2) is 0 Å². The van der Waals surface area contributed by atoms with Crippen LogP contribution in [-0.2, 0) is 0 Å². The third-order valence-corrected chi connectivity index (χ3v) is 3.96. The number of likely N-dealkylation sites (tertiary alicyclic amines) is 1. The summed E-state index contributed by atoms with van der Waals surface area (Å²) in [5.41, 5.74) is 1.67. The van der Waals surface area contributed by atoms with Gasteiger partial charge in [0, 0.05) is 37.2 Å². The Balaban J connectivity index is 1.62. The number of ether oxygens (including phenoxy) is 1. The number of nitrogens with one attached hydrogen (secondary N) is 1. The van der Waals surface area contributed by atoms with E-state index >= 15 is 0 Å². The standard InChI is InChI=1S/C17H21N5O2/c1-12-10-20-15(11-19-12)17(23)21-13-3-6-18-16(9-13)24-14-4-7-22(2)8-5-14/h3,6,9-11,14H,4-5,7-8H2,1-2H3,(H,18,21,23). The summed E-state index contributed by atoms with van der Waals surface area (Å²) in [6.45, 7) is 3.87. The molecule has 1 aliphatic heterocycles. The van der Waals surface area contributed by atoms with Crippen LogP contribution < -0.4 is 10.1 Å². The van der Waals surface area contributed by atoms with Crippen molar-refractivity contribution in [1.29, 1.82) is 0 Å². The summed E-state index contributed by atoms with van der Waals surface area (Å²) in [6, 6.07) is 3.46. The topological polar surface area (TPSA) is 80.2 Å². The second-order valence-electron chi connectivity index (χ2n) is 6.00. The maximum atomic E-state index is 12.2. The summed E-state index contributed by atoms with van der Waals surface area (Å²) in [5.74, 6) is 0.219. The number of rotatable bonds is 4. The molecule has 0 radical (unpaired) electrons. The van der Waals surface area contributed by atoms with Crippen LogP contribution in [0.4, 0.5) is 5.69 Å². The van der Waals surface area contributed by atoms with E-state index in [1.165, 1.54) is 6.20 Å². The fourth-order valence-corrected chi connectivity index (χ4v) is 2.53. The van der Waals surface area contributed by atoms with Gasteiger partial charge in [-0.2, -0.15) is 0 Å². The number of amides is 1. The summed E-state index contributed by atoms with van der Waals surface area (Å²) in [7, 11) is 2.11. The average molecular weight is 327 g/mol. The zero-order valence-corrected chi connectivity index (χ0v) is 13.9. The molecule has 1 aliphatic rings. The Kier molecular flexibility index (Phi) is 5.00. The molecular formula is C17H21N5O2. The van der Waals surface area contributed by atoms with Gasteiger partial charge in [0.2, 0.25) is 5.88 Å². The number of anilines is 1. The molecule has 0 aromatic carbocycles. The Morgan fingerprint density at radius 2 is 2.04 bits per heavy atom. The molecular weight excluding hydrogens is 306 g/mol. The van der Waals surface area contributed by atoms with E-state index in [0.29, 0.717) is 11.6 Å². The van der Waals surface area contributed by atoms with Crippen LogP contribution in [0.15, 0.2) is 30.7 Å². The molecule has 0 atom stereocenters. The highest BCUT2D eigenvalue weighted by Crippen LogP contribution is 2.19. The van der Waals surface area contributed by atoms with Gasteiger partial charge in [0.25, 0.3) is 5.91 Å². The molecule has 2 aromatic rings. The van der Waals surface area contributed by atoms with Gasteiger partial charge < -0.3 is 15.0 Å². The summed E-state index contributed by atoms with van der Waals surface area (Å²) in [6.07, 6.45) is 6.78. The van der Waals surface area contributed by atoms with Crippen LogP contribution in [0.1, 0.15) is 29.0 Å². The highest BCUT2D eigenvalue weighted by Gasteiger charge is 2.18. The van der Waals surface area contributed by atoms with E-state index in [-0.39, 0.29) is 17.7 Å². The molecule has 0 saturated carbocycles. The SMILES string of the molecule is Cc1cnc(C(=O)Nc2ccnc(OC3CCN(C)CC3)c2)cn1. The fraction of sp³-hybridized carbons (Fsp3) is 0.412. The number of aromatic nitrogens is 3. The number of carbonyl (C=O) groups excluding carboxylic acids is 1. The molecule has 0 unspecified atom stereocenters. The van der Waals surface area contributed by atoms with Crippen molar-refractivity contribution in [3.8, 4) is 5.88 Å². The highest BCUT2D eigenvalue weighted by molar-refractivity contribution is 6.02. The number of piperidine rings is 1. The maximum absolute atomic E-state index is 12.2. The van der Waals surface area contributed by atoms with Crippen LogP contribution in [0.3, 0.4) is 0 Å². The van der Waals surface area contributed by atoms with Gasteiger partial charge in [-0.1, -0.05) is 0 Å². The minimum absolute atomic E-state index is 0.169. The van der Waals surface area contributed by atoms with Gasteiger partial charge in [0.1, 0.15) is 11.8 Å². The molecule has 126 valence electrons. The van der Waals surface area contributed by atoms with Crippen molar-refractivity contribution < 1.29 is 9.53 Å². The fourth-order valence-electron chi connectivity index (χ4n) is 2.53. The number of hydrogen-bond acceptors (Lipinski definition) is 6. The number of hydrogen-bond donors (Lipinski definition) is 1. The lowest BCUT2D eigenvalue weighted by Crippen LogP contribution is -2.35. The first kappa shape index (κ1) is 16.3. The van der Waals surface area contributed by atoms with Crippen LogP contribution in [0.5, 0.6) is 5.88 Å². The highest BCUT2D eigenvalue weighted by atomic mass is 16.5. The first-order valence-electron chi connectivity index (χ1n) is 8.01. The molecule has 7 nitrogen and oxygen atoms in total. The molecule has 1 saturated heterocycles. The van der Waals surface area contributed by atoms with Gasteiger partial charge in [-0.05, 0) is 32.9 Å². The van der Waals surface area contributed by atoms with Gasteiger partial charge >= 0.3 is 0 Å². The van der Waals surface area contributed by atoms with E-state index < -0.39 is 0 Å². The Hall–Kier alpha value is -2.54. The molecule has 0 bridgehead atoms. The molecule has 1 fully saturated rings.